The molecule has 2 heterocycles. The van der Waals surface area contributed by atoms with Crippen LogP contribution in [0.2, 0.25) is 5.02 Å². The van der Waals surface area contributed by atoms with Crippen LogP contribution in [0.1, 0.15) is 18.4 Å². The zero-order valence-corrected chi connectivity index (χ0v) is 9.42. The zero-order valence-electron chi connectivity index (χ0n) is 7.85. The van der Waals surface area contributed by atoms with E-state index in [0.717, 1.165) is 17.8 Å². The molecule has 0 aliphatic rings. The van der Waals surface area contributed by atoms with E-state index in [0.29, 0.717) is 0 Å². The summed E-state index contributed by atoms with van der Waals surface area (Å²) in [6.07, 6.45) is 1.63. The molecule has 2 aromatic rings. The number of nitrogens with zero attached hydrogens (tertiary/aromatic N) is 2. The van der Waals surface area contributed by atoms with Crippen molar-refractivity contribution in [3.05, 3.63) is 21.9 Å². The quantitative estimate of drug-likeness (QED) is 0.760. The Balaban J connectivity index is 2.68. The normalized spacial score (nSPS) is 11.2. The molecule has 0 aromatic carbocycles. The molecule has 0 radical (unpaired) electrons. The number of halogens is 3. The van der Waals surface area contributed by atoms with Crippen molar-refractivity contribution in [2.45, 2.75) is 19.8 Å². The van der Waals surface area contributed by atoms with Crippen molar-refractivity contribution < 1.29 is 8.78 Å². The number of aromatic nitrogens is 2. The molecule has 0 N–H and O–H groups in total. The summed E-state index contributed by atoms with van der Waals surface area (Å²) in [6.45, 7) is 1.99. The van der Waals surface area contributed by atoms with Gasteiger partial charge in [-0.25, -0.2) is 4.98 Å². The molecule has 2 rings (SSSR count). The summed E-state index contributed by atoms with van der Waals surface area (Å²) in [5.41, 5.74) is 0.176. The third-order valence-electron chi connectivity index (χ3n) is 1.91. The average Bonchev–Trinajstić information content (AvgIpc) is 2.60. The second kappa shape index (κ2) is 3.98. The number of rotatable bonds is 2. The molecule has 15 heavy (non-hydrogen) atoms. The molecule has 0 spiro atoms. The second-order valence-electron chi connectivity index (χ2n) is 3.04. The van der Waals surface area contributed by atoms with Gasteiger partial charge in [0.1, 0.15) is 15.2 Å². The van der Waals surface area contributed by atoms with E-state index in [1.165, 1.54) is 11.3 Å². The van der Waals surface area contributed by atoms with E-state index in [1.807, 2.05) is 6.92 Å². The first-order valence-corrected chi connectivity index (χ1v) is 5.62. The highest BCUT2D eigenvalue weighted by Gasteiger charge is 2.16. The van der Waals surface area contributed by atoms with Gasteiger partial charge in [-0.05, 0) is 12.8 Å². The van der Waals surface area contributed by atoms with Gasteiger partial charge in [-0.15, -0.1) is 11.3 Å². The Morgan fingerprint density at radius 1 is 1.27 bits per heavy atom. The Bertz CT molecular complexity index is 512. The van der Waals surface area contributed by atoms with Gasteiger partial charge in [-0.1, -0.05) is 18.5 Å². The Hall–Kier alpha value is -0.810. The Morgan fingerprint density at radius 2 is 2.00 bits per heavy atom. The van der Waals surface area contributed by atoms with Gasteiger partial charge in [0, 0.05) is 0 Å². The fraction of sp³-hybridized carbons (Fsp3) is 0.333. The van der Waals surface area contributed by atoms with Crippen LogP contribution >= 0.6 is 22.9 Å². The van der Waals surface area contributed by atoms with Gasteiger partial charge in [-0.3, -0.25) is 0 Å². The molecule has 0 aliphatic heterocycles. The molecule has 0 atom stereocenters. The molecule has 0 amide bonds. The van der Waals surface area contributed by atoms with Crippen LogP contribution in [0.4, 0.5) is 8.78 Å². The maximum absolute atomic E-state index is 13.2. The van der Waals surface area contributed by atoms with E-state index in [9.17, 15) is 8.78 Å². The first-order valence-electron chi connectivity index (χ1n) is 4.43. The monoisotopic (exact) mass is 248 g/mol. The zero-order chi connectivity index (χ0) is 11.0. The van der Waals surface area contributed by atoms with Gasteiger partial charge in [0.05, 0.1) is 5.01 Å². The smallest absolute Gasteiger partial charge is 0.236 e. The lowest BCUT2D eigenvalue weighted by molar-refractivity contribution is 0.523. The topological polar surface area (TPSA) is 25.8 Å². The predicted octanol–water partition coefficient (Wildman–Crippen LogP) is 3.58. The van der Waals surface area contributed by atoms with E-state index < -0.39 is 11.9 Å². The van der Waals surface area contributed by atoms with Crippen LogP contribution in [0.15, 0.2) is 0 Å². The van der Waals surface area contributed by atoms with E-state index in [2.05, 4.69) is 9.97 Å². The minimum atomic E-state index is -1.00. The van der Waals surface area contributed by atoms with Gasteiger partial charge in [0.2, 0.25) is 11.9 Å². The predicted molar refractivity (Wildman–Crippen MR) is 56.3 cm³/mol. The highest BCUT2D eigenvalue weighted by atomic mass is 35.5. The van der Waals surface area contributed by atoms with Crippen molar-refractivity contribution in [2.24, 2.45) is 0 Å². The van der Waals surface area contributed by atoms with E-state index in [1.54, 1.807) is 0 Å². The average molecular weight is 249 g/mol. The fourth-order valence-corrected chi connectivity index (χ4v) is 2.55. The van der Waals surface area contributed by atoms with Crippen molar-refractivity contribution >= 4 is 33.2 Å². The number of hydrogen-bond donors (Lipinski definition) is 0. The number of pyridine rings is 1. The third kappa shape index (κ3) is 1.81. The summed E-state index contributed by atoms with van der Waals surface area (Å²) in [5, 5.41) is 0.547. The molecule has 80 valence electrons. The summed E-state index contributed by atoms with van der Waals surface area (Å²) in [4.78, 5) is 7.17. The van der Waals surface area contributed by atoms with Crippen LogP contribution in [0.25, 0.3) is 10.2 Å². The first-order chi connectivity index (χ1) is 7.13. The van der Waals surface area contributed by atoms with E-state index in [-0.39, 0.29) is 15.2 Å². The maximum atomic E-state index is 13.2. The minimum absolute atomic E-state index is 0.176. The summed E-state index contributed by atoms with van der Waals surface area (Å²) in [7, 11) is 0. The number of hydrogen-bond acceptors (Lipinski definition) is 3. The molecule has 2 aromatic heterocycles. The standard InChI is InChI=1S/C9H7ClF2N2S/c1-2-3-4-13-6-5(10)8(11)14-9(12)7(6)15-4/h2-3H2,1H3. The van der Waals surface area contributed by atoms with Gasteiger partial charge >= 0.3 is 0 Å². The molecule has 0 aliphatic carbocycles. The molecule has 0 saturated heterocycles. The van der Waals surface area contributed by atoms with Gasteiger partial charge in [-0.2, -0.15) is 13.8 Å². The molecule has 0 bridgehead atoms. The van der Waals surface area contributed by atoms with E-state index in [4.69, 9.17) is 11.6 Å². The van der Waals surface area contributed by atoms with Gasteiger partial charge in [0.15, 0.2) is 0 Å². The molecular formula is C9H7ClF2N2S. The van der Waals surface area contributed by atoms with E-state index >= 15 is 0 Å². The molecule has 0 saturated carbocycles. The highest BCUT2D eigenvalue weighted by Crippen LogP contribution is 2.31. The van der Waals surface area contributed by atoms with Crippen molar-refractivity contribution in [1.82, 2.24) is 9.97 Å². The Kier molecular flexibility index (Phi) is 2.84. The number of thiazole rings is 1. The molecule has 0 unspecified atom stereocenters. The first kappa shape index (κ1) is 10.7. The third-order valence-corrected chi connectivity index (χ3v) is 3.34. The van der Waals surface area contributed by atoms with Crippen molar-refractivity contribution in [1.29, 1.82) is 0 Å². The minimum Gasteiger partial charge on any atom is -0.239 e. The van der Waals surface area contributed by atoms with Crippen LogP contribution in [0.3, 0.4) is 0 Å². The SMILES string of the molecule is CCCc1nc2c(Cl)c(F)nc(F)c2s1. The molecular weight excluding hydrogens is 242 g/mol. The largest absolute Gasteiger partial charge is 0.239 e. The number of fused-ring (bicyclic) bond motifs is 1. The Morgan fingerprint density at radius 3 is 2.67 bits per heavy atom. The second-order valence-corrected chi connectivity index (χ2v) is 4.50. The van der Waals surface area contributed by atoms with Gasteiger partial charge < -0.3 is 0 Å². The van der Waals surface area contributed by atoms with Crippen LogP contribution < -0.4 is 0 Å². The summed E-state index contributed by atoms with van der Waals surface area (Å²) < 4.78 is 26.5. The van der Waals surface area contributed by atoms with Crippen molar-refractivity contribution in [3.8, 4) is 0 Å². The van der Waals surface area contributed by atoms with Crippen LogP contribution in [-0.4, -0.2) is 9.97 Å². The lowest BCUT2D eigenvalue weighted by Gasteiger charge is -1.94. The Labute approximate surface area is 93.9 Å². The lowest BCUT2D eigenvalue weighted by Crippen LogP contribution is -1.90. The summed E-state index contributed by atoms with van der Waals surface area (Å²) >= 11 is 6.82. The van der Waals surface area contributed by atoms with Crippen LogP contribution in [0.5, 0.6) is 0 Å². The van der Waals surface area contributed by atoms with Crippen LogP contribution in [-0.2, 0) is 6.42 Å². The lowest BCUT2D eigenvalue weighted by atomic mass is 10.3. The summed E-state index contributed by atoms with van der Waals surface area (Å²) in [6, 6.07) is 0. The summed E-state index contributed by atoms with van der Waals surface area (Å²) in [5.74, 6) is -1.85. The van der Waals surface area contributed by atoms with Crippen molar-refractivity contribution in [2.75, 3.05) is 0 Å². The molecule has 2 nitrogen and oxygen atoms in total. The van der Waals surface area contributed by atoms with Crippen molar-refractivity contribution in [3.63, 3.8) is 0 Å². The number of aryl methyl sites for hydroxylation is 1. The highest BCUT2D eigenvalue weighted by molar-refractivity contribution is 7.18. The fourth-order valence-electron chi connectivity index (χ4n) is 1.26. The maximum Gasteiger partial charge on any atom is 0.236 e. The molecule has 6 heteroatoms. The van der Waals surface area contributed by atoms with Gasteiger partial charge in [0.25, 0.3) is 0 Å². The van der Waals surface area contributed by atoms with Crippen LogP contribution in [0, 0.1) is 11.9 Å². The molecule has 0 fully saturated rings.